The number of carbonyl (C=O) groups is 1. The summed E-state index contributed by atoms with van der Waals surface area (Å²) in [5.41, 5.74) is 0. The predicted molar refractivity (Wildman–Crippen MR) is 42.8 cm³/mol. The van der Waals surface area contributed by atoms with Gasteiger partial charge in [-0.3, -0.25) is 4.79 Å². The van der Waals surface area contributed by atoms with E-state index in [1.165, 1.54) is 0 Å². The monoisotopic (exact) mass is 211 g/mol. The van der Waals surface area contributed by atoms with Crippen molar-refractivity contribution in [2.75, 3.05) is 13.1 Å². The normalized spacial score (nSPS) is 19.4. The Kier molecular flexibility index (Phi) is 3.36. The van der Waals surface area contributed by atoms with Crippen molar-refractivity contribution in [2.24, 2.45) is 11.8 Å². The minimum atomic E-state index is -4.66. The number of carboxylic acid groups (broad SMARTS) is 1. The van der Waals surface area contributed by atoms with E-state index in [1.54, 1.807) is 0 Å². The van der Waals surface area contributed by atoms with E-state index >= 15 is 0 Å². The summed E-state index contributed by atoms with van der Waals surface area (Å²) in [5, 5.41) is 10.9. The number of hydrogen-bond donors (Lipinski definition) is 2. The quantitative estimate of drug-likeness (QED) is 0.719. The Morgan fingerprint density at radius 2 is 2.07 bits per heavy atom. The van der Waals surface area contributed by atoms with Gasteiger partial charge in [0.15, 0.2) is 5.92 Å². The summed E-state index contributed by atoms with van der Waals surface area (Å²) in [7, 11) is 0. The zero-order chi connectivity index (χ0) is 10.8. The topological polar surface area (TPSA) is 49.3 Å². The van der Waals surface area contributed by atoms with E-state index in [2.05, 4.69) is 5.32 Å². The van der Waals surface area contributed by atoms with Gasteiger partial charge in [0.05, 0.1) is 0 Å². The molecule has 14 heavy (non-hydrogen) atoms. The first-order valence-electron chi connectivity index (χ1n) is 4.41. The first-order valence-corrected chi connectivity index (χ1v) is 4.41. The van der Waals surface area contributed by atoms with Gasteiger partial charge in [0.2, 0.25) is 0 Å². The standard InChI is InChI=1S/C8H12F3NO2/c9-8(10,11)6(7(13)14)4-12-3-5-1-2-5/h5-6,12H,1-4H2,(H,13,14). The maximum Gasteiger partial charge on any atom is 0.403 e. The number of hydrogen-bond acceptors (Lipinski definition) is 2. The molecule has 1 fully saturated rings. The number of aliphatic carboxylic acids is 1. The molecule has 0 amide bonds. The van der Waals surface area contributed by atoms with Crippen LogP contribution in [0.1, 0.15) is 12.8 Å². The molecule has 1 atom stereocenters. The highest BCUT2D eigenvalue weighted by Gasteiger charge is 2.44. The molecule has 0 spiro atoms. The van der Waals surface area contributed by atoms with E-state index in [1.807, 2.05) is 0 Å². The van der Waals surface area contributed by atoms with Crippen LogP contribution in [0.3, 0.4) is 0 Å². The lowest BCUT2D eigenvalue weighted by molar-refractivity contribution is -0.192. The van der Waals surface area contributed by atoms with Gasteiger partial charge in [-0.1, -0.05) is 0 Å². The lowest BCUT2D eigenvalue weighted by atomic mass is 10.1. The zero-order valence-electron chi connectivity index (χ0n) is 7.47. The van der Waals surface area contributed by atoms with E-state index in [9.17, 15) is 18.0 Å². The Morgan fingerprint density at radius 1 is 1.50 bits per heavy atom. The molecule has 1 aliphatic carbocycles. The van der Waals surface area contributed by atoms with Crippen molar-refractivity contribution in [1.29, 1.82) is 0 Å². The fourth-order valence-electron chi connectivity index (χ4n) is 1.10. The third-order valence-corrected chi connectivity index (χ3v) is 2.17. The fraction of sp³-hybridized carbons (Fsp3) is 0.875. The summed E-state index contributed by atoms with van der Waals surface area (Å²) in [6.07, 6.45) is -2.62. The first kappa shape index (κ1) is 11.3. The zero-order valence-corrected chi connectivity index (χ0v) is 7.47. The highest BCUT2D eigenvalue weighted by molar-refractivity contribution is 5.71. The molecule has 1 unspecified atom stereocenters. The summed E-state index contributed by atoms with van der Waals surface area (Å²) in [5.74, 6) is -3.67. The van der Waals surface area contributed by atoms with Crippen molar-refractivity contribution >= 4 is 5.97 Å². The maximum atomic E-state index is 12.1. The molecule has 0 aliphatic heterocycles. The van der Waals surface area contributed by atoms with Crippen LogP contribution < -0.4 is 5.32 Å². The van der Waals surface area contributed by atoms with Crippen molar-refractivity contribution < 1.29 is 23.1 Å². The van der Waals surface area contributed by atoms with Crippen LogP contribution in [0, 0.1) is 11.8 Å². The second-order valence-corrected chi connectivity index (χ2v) is 3.53. The average Bonchev–Trinajstić information content (AvgIpc) is 2.77. The molecule has 0 aromatic rings. The Bertz CT molecular complexity index is 213. The second-order valence-electron chi connectivity index (χ2n) is 3.53. The molecule has 2 N–H and O–H groups in total. The fourth-order valence-corrected chi connectivity index (χ4v) is 1.10. The molecule has 3 nitrogen and oxygen atoms in total. The van der Waals surface area contributed by atoms with Gasteiger partial charge in [0, 0.05) is 6.54 Å². The minimum Gasteiger partial charge on any atom is -0.481 e. The highest BCUT2D eigenvalue weighted by Crippen LogP contribution is 2.29. The largest absolute Gasteiger partial charge is 0.481 e. The Balaban J connectivity index is 2.30. The van der Waals surface area contributed by atoms with Crippen molar-refractivity contribution in [3.05, 3.63) is 0 Å². The van der Waals surface area contributed by atoms with Gasteiger partial charge < -0.3 is 10.4 Å². The van der Waals surface area contributed by atoms with Crippen LogP contribution in [-0.4, -0.2) is 30.3 Å². The number of alkyl halides is 3. The van der Waals surface area contributed by atoms with Crippen molar-refractivity contribution in [3.63, 3.8) is 0 Å². The Labute approximate surface area is 79.3 Å². The van der Waals surface area contributed by atoms with Crippen LogP contribution in [0.15, 0.2) is 0 Å². The molecule has 0 saturated heterocycles. The average molecular weight is 211 g/mol. The lowest BCUT2D eigenvalue weighted by Crippen LogP contribution is -2.39. The van der Waals surface area contributed by atoms with Gasteiger partial charge in [0.25, 0.3) is 0 Å². The van der Waals surface area contributed by atoms with E-state index in [4.69, 9.17) is 5.11 Å². The third kappa shape index (κ3) is 3.53. The summed E-state index contributed by atoms with van der Waals surface area (Å²) >= 11 is 0. The van der Waals surface area contributed by atoms with Crippen molar-refractivity contribution in [2.45, 2.75) is 19.0 Å². The summed E-state index contributed by atoms with van der Waals surface area (Å²) in [4.78, 5) is 10.3. The number of nitrogens with one attached hydrogen (secondary N) is 1. The van der Waals surface area contributed by atoms with Crippen molar-refractivity contribution in [3.8, 4) is 0 Å². The summed E-state index contributed by atoms with van der Waals surface area (Å²) in [6, 6.07) is 0. The molecule has 1 aliphatic rings. The summed E-state index contributed by atoms with van der Waals surface area (Å²) in [6.45, 7) is -0.0464. The maximum absolute atomic E-state index is 12.1. The number of halogens is 3. The van der Waals surface area contributed by atoms with Gasteiger partial charge in [-0.05, 0) is 25.3 Å². The molecule has 82 valence electrons. The molecule has 6 heteroatoms. The van der Waals surface area contributed by atoms with Gasteiger partial charge in [-0.25, -0.2) is 0 Å². The van der Waals surface area contributed by atoms with Crippen LogP contribution >= 0.6 is 0 Å². The van der Waals surface area contributed by atoms with Gasteiger partial charge in [-0.2, -0.15) is 13.2 Å². The molecule has 1 rings (SSSR count). The lowest BCUT2D eigenvalue weighted by Gasteiger charge is -2.16. The molecule has 0 aromatic carbocycles. The number of rotatable bonds is 5. The van der Waals surface area contributed by atoms with Crippen LogP contribution in [0.4, 0.5) is 13.2 Å². The highest BCUT2D eigenvalue weighted by atomic mass is 19.4. The molecule has 0 heterocycles. The predicted octanol–water partition coefficient (Wildman–Crippen LogP) is 1.25. The molecular formula is C8H12F3NO2. The summed E-state index contributed by atoms with van der Waals surface area (Å²) < 4.78 is 36.3. The number of carboxylic acids is 1. The Morgan fingerprint density at radius 3 is 2.43 bits per heavy atom. The van der Waals surface area contributed by atoms with E-state index in [0.717, 1.165) is 12.8 Å². The van der Waals surface area contributed by atoms with Crippen LogP contribution in [-0.2, 0) is 4.79 Å². The molecule has 0 radical (unpaired) electrons. The third-order valence-electron chi connectivity index (χ3n) is 2.17. The molecule has 0 bridgehead atoms. The first-order chi connectivity index (χ1) is 6.41. The van der Waals surface area contributed by atoms with Crippen molar-refractivity contribution in [1.82, 2.24) is 5.32 Å². The Hall–Kier alpha value is -0.780. The van der Waals surface area contributed by atoms with Crippen LogP contribution in [0.25, 0.3) is 0 Å². The minimum absolute atomic E-state index is 0.442. The molecule has 1 saturated carbocycles. The van der Waals surface area contributed by atoms with Gasteiger partial charge in [0.1, 0.15) is 0 Å². The SMILES string of the molecule is O=C(O)C(CNCC1CC1)C(F)(F)F. The van der Waals surface area contributed by atoms with Crippen LogP contribution in [0.5, 0.6) is 0 Å². The van der Waals surface area contributed by atoms with E-state index in [0.29, 0.717) is 12.5 Å². The van der Waals surface area contributed by atoms with E-state index in [-0.39, 0.29) is 0 Å². The van der Waals surface area contributed by atoms with E-state index < -0.39 is 24.6 Å². The van der Waals surface area contributed by atoms with Gasteiger partial charge in [-0.15, -0.1) is 0 Å². The van der Waals surface area contributed by atoms with Gasteiger partial charge >= 0.3 is 12.1 Å². The molecular weight excluding hydrogens is 199 g/mol. The second kappa shape index (κ2) is 4.16. The smallest absolute Gasteiger partial charge is 0.403 e. The molecule has 0 aromatic heterocycles. The van der Waals surface area contributed by atoms with Crippen LogP contribution in [0.2, 0.25) is 0 Å².